The Labute approximate surface area is 173 Å². The third-order valence-electron chi connectivity index (χ3n) is 4.82. The topological polar surface area (TPSA) is 71.0 Å². The van der Waals surface area contributed by atoms with Gasteiger partial charge in [0.25, 0.3) is 0 Å². The van der Waals surface area contributed by atoms with Crippen LogP contribution in [0.5, 0.6) is 5.75 Å². The largest absolute Gasteiger partial charge is 0.496 e. The molecule has 1 aromatic carbocycles. The molecule has 0 bridgehead atoms. The fourth-order valence-corrected chi connectivity index (χ4v) is 3.30. The number of aliphatic imine (C=N–C) groups is 1. The Hall–Kier alpha value is -2.80. The number of guanidine groups is 1. The van der Waals surface area contributed by atoms with Crippen LogP contribution in [0.1, 0.15) is 23.6 Å². The molecule has 0 spiro atoms. The number of morpholine rings is 1. The van der Waals surface area contributed by atoms with E-state index in [4.69, 9.17) is 14.5 Å². The predicted octanol–water partition coefficient (Wildman–Crippen LogP) is 2.49. The summed E-state index contributed by atoms with van der Waals surface area (Å²) in [7, 11) is 1.70. The lowest BCUT2D eigenvalue weighted by molar-refractivity contribution is 0.122. The third-order valence-corrected chi connectivity index (χ3v) is 4.82. The van der Waals surface area contributed by atoms with Crippen LogP contribution < -0.4 is 20.3 Å². The molecule has 3 rings (SSSR count). The second kappa shape index (κ2) is 10.7. The van der Waals surface area contributed by atoms with E-state index in [0.717, 1.165) is 61.5 Å². The average Bonchev–Trinajstić information content (AvgIpc) is 2.77. The zero-order valence-electron chi connectivity index (χ0n) is 17.6. The maximum absolute atomic E-state index is 5.50. The number of hydrogen-bond acceptors (Lipinski definition) is 5. The van der Waals surface area contributed by atoms with Gasteiger partial charge in [-0.25, -0.2) is 9.98 Å². The number of ether oxygens (including phenoxy) is 2. The Bertz CT molecular complexity index is 819. The van der Waals surface area contributed by atoms with Crippen molar-refractivity contribution < 1.29 is 9.47 Å². The SMILES string of the molecule is CCNC(=NCc1ccc(C)cc1OC)NCc1cccnc1N1CCOCC1. The van der Waals surface area contributed by atoms with Crippen LogP contribution in [0.4, 0.5) is 5.82 Å². The van der Waals surface area contributed by atoms with Crippen molar-refractivity contribution in [3.63, 3.8) is 0 Å². The normalized spacial score (nSPS) is 14.6. The van der Waals surface area contributed by atoms with Crippen molar-refractivity contribution in [2.45, 2.75) is 26.9 Å². The standard InChI is InChI=1S/C22H31N5O2/c1-4-23-22(25-15-18-8-7-17(2)14-20(18)28-3)26-16-19-6-5-9-24-21(19)27-10-12-29-13-11-27/h5-9,14H,4,10-13,15-16H2,1-3H3,(H2,23,25,26). The third kappa shape index (κ3) is 5.84. The van der Waals surface area contributed by atoms with E-state index in [2.05, 4.69) is 52.6 Å². The molecule has 156 valence electrons. The molecule has 1 aliphatic heterocycles. The molecule has 1 aromatic heterocycles. The van der Waals surface area contributed by atoms with Gasteiger partial charge in [-0.1, -0.05) is 18.2 Å². The molecule has 0 saturated carbocycles. The van der Waals surface area contributed by atoms with E-state index < -0.39 is 0 Å². The summed E-state index contributed by atoms with van der Waals surface area (Å²) in [5.74, 6) is 2.65. The molecule has 7 nitrogen and oxygen atoms in total. The fourth-order valence-electron chi connectivity index (χ4n) is 3.30. The molecular formula is C22H31N5O2. The van der Waals surface area contributed by atoms with Gasteiger partial charge in [-0.3, -0.25) is 0 Å². The van der Waals surface area contributed by atoms with Crippen LogP contribution in [0.15, 0.2) is 41.5 Å². The molecule has 0 amide bonds. The van der Waals surface area contributed by atoms with Gasteiger partial charge < -0.3 is 25.0 Å². The molecule has 0 unspecified atom stereocenters. The van der Waals surface area contributed by atoms with Gasteiger partial charge in [-0.2, -0.15) is 0 Å². The number of rotatable bonds is 7. The van der Waals surface area contributed by atoms with Crippen molar-refractivity contribution >= 4 is 11.8 Å². The number of anilines is 1. The van der Waals surface area contributed by atoms with E-state index in [1.807, 2.05) is 18.3 Å². The predicted molar refractivity (Wildman–Crippen MR) is 117 cm³/mol. The van der Waals surface area contributed by atoms with Crippen molar-refractivity contribution in [2.24, 2.45) is 4.99 Å². The molecule has 0 radical (unpaired) electrons. The number of hydrogen-bond donors (Lipinski definition) is 2. The van der Waals surface area contributed by atoms with Crippen LogP contribution in [0, 0.1) is 6.92 Å². The minimum Gasteiger partial charge on any atom is -0.496 e. The van der Waals surface area contributed by atoms with E-state index in [0.29, 0.717) is 13.1 Å². The van der Waals surface area contributed by atoms with Crippen molar-refractivity contribution in [3.8, 4) is 5.75 Å². The fraction of sp³-hybridized carbons (Fsp3) is 0.455. The Kier molecular flexibility index (Phi) is 7.69. The summed E-state index contributed by atoms with van der Waals surface area (Å²) in [6, 6.07) is 10.3. The second-order valence-corrected chi connectivity index (χ2v) is 6.95. The molecule has 1 saturated heterocycles. The highest BCUT2D eigenvalue weighted by Crippen LogP contribution is 2.21. The lowest BCUT2D eigenvalue weighted by atomic mass is 10.1. The quantitative estimate of drug-likeness (QED) is 0.553. The van der Waals surface area contributed by atoms with Crippen molar-refractivity contribution in [1.82, 2.24) is 15.6 Å². The maximum Gasteiger partial charge on any atom is 0.191 e. The maximum atomic E-state index is 5.50. The Balaban J connectivity index is 1.69. The summed E-state index contributed by atoms with van der Waals surface area (Å²) in [6.45, 7) is 9.32. The summed E-state index contributed by atoms with van der Waals surface area (Å²) in [6.07, 6.45) is 1.84. The van der Waals surface area contributed by atoms with Gasteiger partial charge in [0.15, 0.2) is 5.96 Å². The average molecular weight is 398 g/mol. The summed E-state index contributed by atoms with van der Waals surface area (Å²) < 4.78 is 11.0. The van der Waals surface area contributed by atoms with E-state index >= 15 is 0 Å². The molecule has 7 heteroatoms. The van der Waals surface area contributed by atoms with Gasteiger partial charge >= 0.3 is 0 Å². The number of methoxy groups -OCH3 is 1. The molecule has 1 aliphatic rings. The number of nitrogens with zero attached hydrogens (tertiary/aromatic N) is 3. The first-order valence-corrected chi connectivity index (χ1v) is 10.1. The molecule has 0 atom stereocenters. The van der Waals surface area contributed by atoms with E-state index in [-0.39, 0.29) is 0 Å². The molecule has 2 N–H and O–H groups in total. The van der Waals surface area contributed by atoms with E-state index in [9.17, 15) is 0 Å². The van der Waals surface area contributed by atoms with Crippen molar-refractivity contribution in [1.29, 1.82) is 0 Å². The molecule has 2 heterocycles. The minimum atomic E-state index is 0.544. The van der Waals surface area contributed by atoms with Gasteiger partial charge in [-0.15, -0.1) is 0 Å². The van der Waals surface area contributed by atoms with Crippen LogP contribution in [0.3, 0.4) is 0 Å². The zero-order valence-corrected chi connectivity index (χ0v) is 17.6. The summed E-state index contributed by atoms with van der Waals surface area (Å²) in [5, 5.41) is 6.75. The smallest absolute Gasteiger partial charge is 0.191 e. The molecule has 2 aromatic rings. The monoisotopic (exact) mass is 397 g/mol. The highest BCUT2D eigenvalue weighted by atomic mass is 16.5. The van der Waals surface area contributed by atoms with Crippen LogP contribution in [0.2, 0.25) is 0 Å². The Morgan fingerprint density at radius 2 is 2.03 bits per heavy atom. The zero-order chi connectivity index (χ0) is 20.5. The molecular weight excluding hydrogens is 366 g/mol. The second-order valence-electron chi connectivity index (χ2n) is 6.95. The van der Waals surface area contributed by atoms with Gasteiger partial charge in [0.2, 0.25) is 0 Å². The van der Waals surface area contributed by atoms with E-state index in [1.54, 1.807) is 7.11 Å². The summed E-state index contributed by atoms with van der Waals surface area (Å²) in [4.78, 5) is 11.6. The first-order chi connectivity index (χ1) is 14.2. The van der Waals surface area contributed by atoms with Gasteiger partial charge in [-0.05, 0) is 31.5 Å². The first-order valence-electron chi connectivity index (χ1n) is 10.1. The van der Waals surface area contributed by atoms with Crippen LogP contribution in [-0.4, -0.2) is 50.9 Å². The Morgan fingerprint density at radius 1 is 1.21 bits per heavy atom. The number of aryl methyl sites for hydroxylation is 1. The molecule has 29 heavy (non-hydrogen) atoms. The van der Waals surface area contributed by atoms with Crippen molar-refractivity contribution in [3.05, 3.63) is 53.2 Å². The number of nitrogens with one attached hydrogen (secondary N) is 2. The lowest BCUT2D eigenvalue weighted by Gasteiger charge is -2.29. The van der Waals surface area contributed by atoms with Gasteiger partial charge in [0.1, 0.15) is 11.6 Å². The number of aromatic nitrogens is 1. The van der Waals surface area contributed by atoms with Crippen molar-refractivity contribution in [2.75, 3.05) is 44.9 Å². The number of benzene rings is 1. The Morgan fingerprint density at radius 3 is 2.79 bits per heavy atom. The van der Waals surface area contributed by atoms with Gasteiger partial charge in [0, 0.05) is 43.5 Å². The first kappa shape index (κ1) is 20.9. The van der Waals surface area contributed by atoms with Gasteiger partial charge in [0.05, 0.1) is 26.9 Å². The van der Waals surface area contributed by atoms with Crippen LogP contribution >= 0.6 is 0 Å². The highest BCUT2D eigenvalue weighted by molar-refractivity contribution is 5.80. The van der Waals surface area contributed by atoms with Crippen LogP contribution in [-0.2, 0) is 17.8 Å². The van der Waals surface area contributed by atoms with E-state index in [1.165, 1.54) is 5.56 Å². The summed E-state index contributed by atoms with van der Waals surface area (Å²) in [5.41, 5.74) is 3.38. The van der Waals surface area contributed by atoms with Crippen LogP contribution in [0.25, 0.3) is 0 Å². The summed E-state index contributed by atoms with van der Waals surface area (Å²) >= 11 is 0. The molecule has 1 fully saturated rings. The highest BCUT2D eigenvalue weighted by Gasteiger charge is 2.16. The lowest BCUT2D eigenvalue weighted by Crippen LogP contribution is -2.39. The minimum absolute atomic E-state index is 0.544. The molecule has 0 aliphatic carbocycles. The number of pyridine rings is 1.